The first-order chi connectivity index (χ1) is 13.8. The summed E-state index contributed by atoms with van der Waals surface area (Å²) in [5, 5.41) is 3.02. The predicted octanol–water partition coefficient (Wildman–Crippen LogP) is 3.28. The zero-order chi connectivity index (χ0) is 21.0. The Morgan fingerprint density at radius 3 is 2.59 bits per heavy atom. The van der Waals surface area contributed by atoms with Crippen LogP contribution in [0.25, 0.3) is 0 Å². The van der Waals surface area contributed by atoms with Crippen LogP contribution in [0.2, 0.25) is 0 Å². The van der Waals surface area contributed by atoms with Crippen LogP contribution < -0.4 is 10.1 Å². The molecule has 1 aliphatic rings. The number of hydrogen-bond donors (Lipinski definition) is 1. The van der Waals surface area contributed by atoms with E-state index in [4.69, 9.17) is 4.74 Å². The average Bonchev–Trinajstić information content (AvgIpc) is 2.74. The van der Waals surface area contributed by atoms with Gasteiger partial charge in [0.05, 0.1) is 24.0 Å². The number of aryl methyl sites for hydroxylation is 1. The van der Waals surface area contributed by atoms with Crippen LogP contribution in [0.1, 0.15) is 36.9 Å². The van der Waals surface area contributed by atoms with Crippen LogP contribution in [0.15, 0.2) is 53.4 Å². The van der Waals surface area contributed by atoms with Crippen molar-refractivity contribution < 1.29 is 17.9 Å². The molecule has 1 heterocycles. The number of carbonyl (C=O) groups excluding carboxylic acids is 1. The van der Waals surface area contributed by atoms with E-state index in [-0.39, 0.29) is 29.3 Å². The minimum atomic E-state index is -3.66. The van der Waals surface area contributed by atoms with E-state index in [0.29, 0.717) is 25.1 Å². The number of methoxy groups -OCH3 is 1. The Kier molecular flexibility index (Phi) is 6.59. The summed E-state index contributed by atoms with van der Waals surface area (Å²) < 4.78 is 32.9. The fourth-order valence-corrected chi connectivity index (χ4v) is 5.30. The van der Waals surface area contributed by atoms with Crippen molar-refractivity contribution in [3.05, 3.63) is 59.7 Å². The highest BCUT2D eigenvalue weighted by Crippen LogP contribution is 2.27. The van der Waals surface area contributed by atoms with Gasteiger partial charge in [-0.05, 0) is 56.0 Å². The molecule has 0 saturated carbocycles. The molecule has 1 saturated heterocycles. The summed E-state index contributed by atoms with van der Waals surface area (Å²) in [4.78, 5) is 13.0. The average molecular weight is 417 g/mol. The molecule has 0 spiro atoms. The Labute approximate surface area is 172 Å². The van der Waals surface area contributed by atoms with E-state index in [1.165, 1.54) is 4.31 Å². The molecule has 0 radical (unpaired) electrons. The van der Waals surface area contributed by atoms with Gasteiger partial charge in [0, 0.05) is 13.1 Å². The van der Waals surface area contributed by atoms with Crippen LogP contribution in [0, 0.1) is 12.8 Å². The predicted molar refractivity (Wildman–Crippen MR) is 112 cm³/mol. The van der Waals surface area contributed by atoms with Gasteiger partial charge in [-0.2, -0.15) is 4.31 Å². The molecule has 29 heavy (non-hydrogen) atoms. The molecule has 0 aromatic heterocycles. The maximum atomic E-state index is 13.1. The smallest absolute Gasteiger partial charge is 0.243 e. The number of piperidine rings is 1. The van der Waals surface area contributed by atoms with E-state index in [1.807, 2.05) is 44.2 Å². The summed E-state index contributed by atoms with van der Waals surface area (Å²) in [6, 6.07) is 14.5. The molecule has 2 aromatic carbocycles. The monoisotopic (exact) mass is 416 g/mol. The molecule has 1 aliphatic heterocycles. The fraction of sp³-hybridized carbons (Fsp3) is 0.409. The summed E-state index contributed by atoms with van der Waals surface area (Å²) in [6.07, 6.45) is 1.34. The summed E-state index contributed by atoms with van der Waals surface area (Å²) in [7, 11) is -2.10. The van der Waals surface area contributed by atoms with Crippen LogP contribution in [0.5, 0.6) is 5.75 Å². The lowest BCUT2D eigenvalue weighted by Gasteiger charge is -2.32. The van der Waals surface area contributed by atoms with Gasteiger partial charge in [-0.15, -0.1) is 0 Å². The summed E-state index contributed by atoms with van der Waals surface area (Å²) >= 11 is 0. The molecule has 1 amide bonds. The van der Waals surface area contributed by atoms with Crippen molar-refractivity contribution in [2.45, 2.75) is 37.6 Å². The van der Waals surface area contributed by atoms with Gasteiger partial charge in [-0.25, -0.2) is 8.42 Å². The van der Waals surface area contributed by atoms with Crippen molar-refractivity contribution in [3.63, 3.8) is 0 Å². The number of carbonyl (C=O) groups is 1. The second-order valence-electron chi connectivity index (χ2n) is 7.47. The van der Waals surface area contributed by atoms with Crippen LogP contribution in [-0.4, -0.2) is 38.8 Å². The first-order valence-electron chi connectivity index (χ1n) is 9.83. The van der Waals surface area contributed by atoms with Crippen molar-refractivity contribution >= 4 is 15.9 Å². The van der Waals surface area contributed by atoms with Crippen molar-refractivity contribution in [2.24, 2.45) is 5.92 Å². The van der Waals surface area contributed by atoms with Gasteiger partial charge >= 0.3 is 0 Å². The van der Waals surface area contributed by atoms with Gasteiger partial charge in [0.15, 0.2) is 0 Å². The number of amides is 1. The second kappa shape index (κ2) is 8.97. The molecule has 0 aliphatic carbocycles. The Morgan fingerprint density at radius 1 is 1.21 bits per heavy atom. The minimum Gasteiger partial charge on any atom is -0.496 e. The summed E-state index contributed by atoms with van der Waals surface area (Å²) in [5.41, 5.74) is 1.78. The third kappa shape index (κ3) is 4.79. The van der Waals surface area contributed by atoms with Crippen molar-refractivity contribution in [1.82, 2.24) is 9.62 Å². The third-order valence-corrected chi connectivity index (χ3v) is 7.28. The van der Waals surface area contributed by atoms with Crippen LogP contribution in [0.3, 0.4) is 0 Å². The Hall–Kier alpha value is -2.38. The largest absolute Gasteiger partial charge is 0.496 e. The van der Waals surface area contributed by atoms with Crippen molar-refractivity contribution in [2.75, 3.05) is 20.2 Å². The van der Waals surface area contributed by atoms with Gasteiger partial charge in [-0.3, -0.25) is 4.79 Å². The molecule has 3 rings (SSSR count). The molecule has 156 valence electrons. The van der Waals surface area contributed by atoms with E-state index in [2.05, 4.69) is 5.32 Å². The van der Waals surface area contributed by atoms with Crippen LogP contribution >= 0.6 is 0 Å². The number of rotatable bonds is 6. The van der Waals surface area contributed by atoms with Gasteiger partial charge < -0.3 is 10.1 Å². The third-order valence-electron chi connectivity index (χ3n) is 5.42. The molecule has 0 bridgehead atoms. The Balaban J connectivity index is 1.71. The van der Waals surface area contributed by atoms with E-state index in [1.54, 1.807) is 25.3 Å². The van der Waals surface area contributed by atoms with E-state index >= 15 is 0 Å². The number of ether oxygens (including phenoxy) is 1. The summed E-state index contributed by atoms with van der Waals surface area (Å²) in [6.45, 7) is 4.37. The standard InChI is InChI=1S/C22H28N2O4S/c1-16-14-20(11-12-21(16)28-3)29(26,27)24-13-7-10-19(15-24)22(25)23-17(2)18-8-5-4-6-9-18/h4-6,8-9,11-12,14,17,19H,7,10,13,15H2,1-3H3,(H,23,25). The number of benzene rings is 2. The van der Waals surface area contributed by atoms with Crippen molar-refractivity contribution in [1.29, 1.82) is 0 Å². The molecule has 2 aromatic rings. The van der Waals surface area contributed by atoms with Crippen LogP contribution in [0.4, 0.5) is 0 Å². The first-order valence-corrected chi connectivity index (χ1v) is 11.3. The van der Waals surface area contributed by atoms with Gasteiger partial charge in [-0.1, -0.05) is 30.3 Å². The molecule has 6 nitrogen and oxygen atoms in total. The quantitative estimate of drug-likeness (QED) is 0.784. The SMILES string of the molecule is COc1ccc(S(=O)(=O)N2CCCC(C(=O)NC(C)c3ccccc3)C2)cc1C. The maximum Gasteiger partial charge on any atom is 0.243 e. The summed E-state index contributed by atoms with van der Waals surface area (Å²) in [5.74, 6) is 0.186. The number of nitrogens with zero attached hydrogens (tertiary/aromatic N) is 1. The lowest BCUT2D eigenvalue weighted by Crippen LogP contribution is -2.45. The zero-order valence-electron chi connectivity index (χ0n) is 17.1. The molecule has 7 heteroatoms. The Bertz CT molecular complexity index is 960. The highest BCUT2D eigenvalue weighted by molar-refractivity contribution is 7.89. The van der Waals surface area contributed by atoms with Crippen molar-refractivity contribution in [3.8, 4) is 5.75 Å². The van der Waals surface area contributed by atoms with E-state index in [0.717, 1.165) is 11.1 Å². The van der Waals surface area contributed by atoms with Gasteiger partial charge in [0.1, 0.15) is 5.75 Å². The number of hydrogen-bond acceptors (Lipinski definition) is 4. The maximum absolute atomic E-state index is 13.1. The van der Waals surface area contributed by atoms with Gasteiger partial charge in [0.2, 0.25) is 15.9 Å². The number of sulfonamides is 1. The zero-order valence-corrected chi connectivity index (χ0v) is 17.9. The van der Waals surface area contributed by atoms with E-state index < -0.39 is 10.0 Å². The molecular weight excluding hydrogens is 388 g/mol. The normalized spacial score (nSPS) is 18.8. The Morgan fingerprint density at radius 2 is 1.93 bits per heavy atom. The molecule has 1 fully saturated rings. The van der Waals surface area contributed by atoms with E-state index in [9.17, 15) is 13.2 Å². The fourth-order valence-electron chi connectivity index (χ4n) is 3.69. The molecular formula is C22H28N2O4S. The van der Waals surface area contributed by atoms with Gasteiger partial charge in [0.25, 0.3) is 0 Å². The first kappa shape index (κ1) is 21.3. The number of nitrogens with one attached hydrogen (secondary N) is 1. The second-order valence-corrected chi connectivity index (χ2v) is 9.41. The molecule has 2 atom stereocenters. The lowest BCUT2D eigenvalue weighted by atomic mass is 9.98. The molecule has 2 unspecified atom stereocenters. The minimum absolute atomic E-state index is 0.104. The topological polar surface area (TPSA) is 75.7 Å². The molecule has 1 N–H and O–H groups in total. The van der Waals surface area contributed by atoms with Crippen LogP contribution in [-0.2, 0) is 14.8 Å². The highest BCUT2D eigenvalue weighted by atomic mass is 32.2. The lowest BCUT2D eigenvalue weighted by molar-refractivity contribution is -0.126. The highest BCUT2D eigenvalue weighted by Gasteiger charge is 2.34.